The highest BCUT2D eigenvalue weighted by molar-refractivity contribution is 5.93. The molecule has 110 valence electrons. The van der Waals surface area contributed by atoms with E-state index in [2.05, 4.69) is 0 Å². The van der Waals surface area contributed by atoms with Crippen LogP contribution >= 0.6 is 0 Å². The maximum Gasteiger partial charge on any atom is 0.227 e. The lowest BCUT2D eigenvalue weighted by Crippen LogP contribution is -2.31. The van der Waals surface area contributed by atoms with E-state index in [1.54, 1.807) is 0 Å². The Bertz CT molecular complexity index is 552. The Balaban J connectivity index is 2.16. The largest absolute Gasteiger partial charge is 0.328 e. The third-order valence-electron chi connectivity index (χ3n) is 3.37. The van der Waals surface area contributed by atoms with Gasteiger partial charge >= 0.3 is 0 Å². The minimum absolute atomic E-state index is 0.0447. The molecule has 1 amide bonds. The van der Waals surface area contributed by atoms with Crippen LogP contribution in [0.5, 0.6) is 0 Å². The number of anilines is 1. The number of carbonyl (C=O) groups is 1. The van der Waals surface area contributed by atoms with Gasteiger partial charge in [-0.2, -0.15) is 0 Å². The quantitative estimate of drug-likeness (QED) is 0.883. The van der Waals surface area contributed by atoms with Gasteiger partial charge in [0.1, 0.15) is 0 Å². The number of rotatable bonds is 6. The standard InChI is InChI=1S/C18H22N2O/c1-15(19)12-13-18(21)20(17-10-6-3-7-11-17)14-16-8-4-2-5-9-16/h2-11,15H,12-14,19H2,1H3. The van der Waals surface area contributed by atoms with Gasteiger partial charge in [0.05, 0.1) is 6.54 Å². The normalized spacial score (nSPS) is 11.9. The van der Waals surface area contributed by atoms with Crippen molar-refractivity contribution in [3.05, 3.63) is 66.2 Å². The average molecular weight is 282 g/mol. The Morgan fingerprint density at radius 3 is 2.19 bits per heavy atom. The summed E-state index contributed by atoms with van der Waals surface area (Å²) in [6.07, 6.45) is 1.18. The number of nitrogens with two attached hydrogens (primary N) is 1. The van der Waals surface area contributed by atoms with E-state index in [4.69, 9.17) is 5.73 Å². The van der Waals surface area contributed by atoms with E-state index >= 15 is 0 Å². The van der Waals surface area contributed by atoms with Crippen LogP contribution in [0.15, 0.2) is 60.7 Å². The van der Waals surface area contributed by atoms with Gasteiger partial charge < -0.3 is 10.6 Å². The van der Waals surface area contributed by atoms with Crippen molar-refractivity contribution >= 4 is 11.6 Å². The molecule has 0 saturated heterocycles. The second kappa shape index (κ2) is 7.60. The molecule has 1 unspecified atom stereocenters. The fourth-order valence-electron chi connectivity index (χ4n) is 2.18. The zero-order valence-electron chi connectivity index (χ0n) is 12.4. The van der Waals surface area contributed by atoms with Crippen molar-refractivity contribution in [2.45, 2.75) is 32.4 Å². The van der Waals surface area contributed by atoms with Crippen LogP contribution < -0.4 is 10.6 Å². The summed E-state index contributed by atoms with van der Waals surface area (Å²) in [5, 5.41) is 0. The number of amides is 1. The Morgan fingerprint density at radius 1 is 1.05 bits per heavy atom. The third kappa shape index (κ3) is 4.72. The molecule has 2 rings (SSSR count). The van der Waals surface area contributed by atoms with Crippen molar-refractivity contribution < 1.29 is 4.79 Å². The third-order valence-corrected chi connectivity index (χ3v) is 3.37. The highest BCUT2D eigenvalue weighted by Crippen LogP contribution is 2.18. The predicted molar refractivity (Wildman–Crippen MR) is 87.0 cm³/mol. The minimum atomic E-state index is 0.0447. The van der Waals surface area contributed by atoms with Crippen LogP contribution in [0, 0.1) is 0 Å². The summed E-state index contributed by atoms with van der Waals surface area (Å²) < 4.78 is 0. The van der Waals surface area contributed by atoms with E-state index in [0.717, 1.165) is 11.3 Å². The summed E-state index contributed by atoms with van der Waals surface area (Å²) >= 11 is 0. The second-order valence-corrected chi connectivity index (χ2v) is 5.32. The van der Waals surface area contributed by atoms with Crippen LogP contribution in [0.3, 0.4) is 0 Å². The number of para-hydroxylation sites is 1. The van der Waals surface area contributed by atoms with Gasteiger partial charge in [0, 0.05) is 18.2 Å². The monoisotopic (exact) mass is 282 g/mol. The molecule has 0 aliphatic carbocycles. The molecule has 21 heavy (non-hydrogen) atoms. The highest BCUT2D eigenvalue weighted by Gasteiger charge is 2.16. The molecule has 3 nitrogen and oxygen atoms in total. The lowest BCUT2D eigenvalue weighted by atomic mass is 10.1. The van der Waals surface area contributed by atoms with Gasteiger partial charge in [-0.3, -0.25) is 4.79 Å². The van der Waals surface area contributed by atoms with Gasteiger partial charge in [-0.05, 0) is 31.0 Å². The Kier molecular flexibility index (Phi) is 5.52. The predicted octanol–water partition coefficient (Wildman–Crippen LogP) is 3.35. The van der Waals surface area contributed by atoms with Crippen molar-refractivity contribution in [3.63, 3.8) is 0 Å². The van der Waals surface area contributed by atoms with E-state index in [0.29, 0.717) is 19.4 Å². The first kappa shape index (κ1) is 15.3. The molecular formula is C18H22N2O. The van der Waals surface area contributed by atoms with Crippen LogP contribution in [0.1, 0.15) is 25.3 Å². The van der Waals surface area contributed by atoms with Crippen LogP contribution in [-0.4, -0.2) is 11.9 Å². The van der Waals surface area contributed by atoms with Gasteiger partial charge in [0.25, 0.3) is 0 Å². The molecule has 2 N–H and O–H groups in total. The van der Waals surface area contributed by atoms with Crippen molar-refractivity contribution in [3.8, 4) is 0 Å². The smallest absolute Gasteiger partial charge is 0.227 e. The van der Waals surface area contributed by atoms with E-state index in [1.165, 1.54) is 0 Å². The fraction of sp³-hybridized carbons (Fsp3) is 0.278. The maximum atomic E-state index is 12.5. The van der Waals surface area contributed by atoms with E-state index in [9.17, 15) is 4.79 Å². The van der Waals surface area contributed by atoms with E-state index < -0.39 is 0 Å². The summed E-state index contributed by atoms with van der Waals surface area (Å²) in [5.41, 5.74) is 7.81. The van der Waals surface area contributed by atoms with E-state index in [1.807, 2.05) is 72.5 Å². The van der Waals surface area contributed by atoms with Crippen molar-refractivity contribution in [2.24, 2.45) is 5.73 Å². The lowest BCUT2D eigenvalue weighted by molar-refractivity contribution is -0.118. The number of hydrogen-bond donors (Lipinski definition) is 1. The Labute approximate surface area is 126 Å². The number of benzene rings is 2. The summed E-state index contributed by atoms with van der Waals surface area (Å²) in [5.74, 6) is 0.113. The average Bonchev–Trinajstić information content (AvgIpc) is 2.52. The number of carbonyl (C=O) groups excluding carboxylic acids is 1. The summed E-state index contributed by atoms with van der Waals surface area (Å²) in [4.78, 5) is 14.4. The zero-order valence-corrected chi connectivity index (χ0v) is 12.4. The molecule has 0 aliphatic rings. The molecular weight excluding hydrogens is 260 g/mol. The molecule has 0 radical (unpaired) electrons. The minimum Gasteiger partial charge on any atom is -0.328 e. The molecule has 0 bridgehead atoms. The molecule has 1 atom stereocenters. The molecule has 3 heteroatoms. The van der Waals surface area contributed by atoms with Crippen molar-refractivity contribution in [2.75, 3.05) is 4.90 Å². The molecule has 0 aromatic heterocycles. The SMILES string of the molecule is CC(N)CCC(=O)N(Cc1ccccc1)c1ccccc1. The molecule has 2 aromatic rings. The van der Waals surface area contributed by atoms with Gasteiger partial charge in [-0.15, -0.1) is 0 Å². The molecule has 0 aliphatic heterocycles. The van der Waals surface area contributed by atoms with Crippen LogP contribution in [0.4, 0.5) is 5.69 Å². The van der Waals surface area contributed by atoms with Crippen molar-refractivity contribution in [1.82, 2.24) is 0 Å². The van der Waals surface area contributed by atoms with E-state index in [-0.39, 0.29) is 11.9 Å². The number of nitrogens with zero attached hydrogens (tertiary/aromatic N) is 1. The first-order chi connectivity index (χ1) is 10.2. The van der Waals surface area contributed by atoms with Gasteiger partial charge in [0.2, 0.25) is 5.91 Å². The summed E-state index contributed by atoms with van der Waals surface area (Å²) in [6.45, 7) is 2.51. The summed E-state index contributed by atoms with van der Waals surface area (Å²) in [7, 11) is 0. The highest BCUT2D eigenvalue weighted by atomic mass is 16.2. The van der Waals surface area contributed by atoms with Crippen LogP contribution in [-0.2, 0) is 11.3 Å². The molecule has 2 aromatic carbocycles. The van der Waals surface area contributed by atoms with Crippen molar-refractivity contribution in [1.29, 1.82) is 0 Å². The fourth-order valence-corrected chi connectivity index (χ4v) is 2.18. The first-order valence-corrected chi connectivity index (χ1v) is 7.31. The van der Waals surface area contributed by atoms with Crippen LogP contribution in [0.2, 0.25) is 0 Å². The Hall–Kier alpha value is -2.13. The summed E-state index contributed by atoms with van der Waals surface area (Å²) in [6, 6.07) is 19.9. The van der Waals surface area contributed by atoms with Gasteiger partial charge in [-0.1, -0.05) is 48.5 Å². The van der Waals surface area contributed by atoms with Gasteiger partial charge in [-0.25, -0.2) is 0 Å². The molecule has 0 heterocycles. The maximum absolute atomic E-state index is 12.5. The lowest BCUT2D eigenvalue weighted by Gasteiger charge is -2.23. The molecule has 0 saturated carbocycles. The van der Waals surface area contributed by atoms with Crippen LogP contribution in [0.25, 0.3) is 0 Å². The van der Waals surface area contributed by atoms with Gasteiger partial charge in [0.15, 0.2) is 0 Å². The topological polar surface area (TPSA) is 46.3 Å². The first-order valence-electron chi connectivity index (χ1n) is 7.31. The number of hydrogen-bond acceptors (Lipinski definition) is 2. The Morgan fingerprint density at radius 2 is 1.62 bits per heavy atom. The molecule has 0 spiro atoms. The second-order valence-electron chi connectivity index (χ2n) is 5.32. The zero-order chi connectivity index (χ0) is 15.1. The molecule has 0 fully saturated rings.